The van der Waals surface area contributed by atoms with Crippen LogP contribution in [0.15, 0.2) is 36.5 Å². The van der Waals surface area contributed by atoms with Gasteiger partial charge in [-0.05, 0) is 68.9 Å². The summed E-state index contributed by atoms with van der Waals surface area (Å²) in [7, 11) is 0. The molecule has 2 aromatic heterocycles. The second kappa shape index (κ2) is 9.00. The van der Waals surface area contributed by atoms with Crippen LogP contribution in [0.2, 0.25) is 0 Å². The number of hydrogen-bond donors (Lipinski definition) is 1. The molecule has 158 valence electrons. The minimum Gasteiger partial charge on any atom is -0.354 e. The van der Waals surface area contributed by atoms with Crippen molar-refractivity contribution in [3.05, 3.63) is 58.9 Å². The van der Waals surface area contributed by atoms with Gasteiger partial charge in [0.2, 0.25) is 0 Å². The normalized spacial score (nSPS) is 14.5. The Balaban J connectivity index is 0.00000256. The molecule has 1 saturated heterocycles. The Morgan fingerprint density at radius 1 is 1.10 bits per heavy atom. The van der Waals surface area contributed by atoms with E-state index in [0.717, 1.165) is 48.4 Å². The SMILES string of the molecule is Cc1ccc2c(Nc3cccc(C)c3C)c(C(=O)N3CCC(C)CC3)cnc2n1.Cl. The molecule has 4 rings (SSSR count). The number of aryl methyl sites for hydroxylation is 2. The number of piperidine rings is 1. The third kappa shape index (κ3) is 4.26. The number of nitrogens with one attached hydrogen (secondary N) is 1. The smallest absolute Gasteiger partial charge is 0.257 e. The van der Waals surface area contributed by atoms with Crippen molar-refractivity contribution in [1.82, 2.24) is 14.9 Å². The van der Waals surface area contributed by atoms with Crippen molar-refractivity contribution in [3.8, 4) is 0 Å². The average molecular weight is 425 g/mol. The molecule has 1 aliphatic rings. The van der Waals surface area contributed by atoms with Gasteiger partial charge in [-0.15, -0.1) is 12.4 Å². The van der Waals surface area contributed by atoms with Gasteiger partial charge < -0.3 is 10.2 Å². The van der Waals surface area contributed by atoms with Crippen LogP contribution in [0.25, 0.3) is 11.0 Å². The number of anilines is 2. The zero-order valence-electron chi connectivity index (χ0n) is 18.0. The van der Waals surface area contributed by atoms with Crippen LogP contribution in [0.5, 0.6) is 0 Å². The van der Waals surface area contributed by atoms with E-state index < -0.39 is 0 Å². The van der Waals surface area contributed by atoms with E-state index in [0.29, 0.717) is 17.1 Å². The largest absolute Gasteiger partial charge is 0.354 e. The number of carbonyl (C=O) groups is 1. The number of pyridine rings is 2. The monoisotopic (exact) mass is 424 g/mol. The summed E-state index contributed by atoms with van der Waals surface area (Å²) in [6.07, 6.45) is 3.78. The molecular formula is C24H29ClN4O. The van der Waals surface area contributed by atoms with Gasteiger partial charge >= 0.3 is 0 Å². The van der Waals surface area contributed by atoms with Crippen LogP contribution in [0.4, 0.5) is 11.4 Å². The summed E-state index contributed by atoms with van der Waals surface area (Å²) in [5, 5.41) is 4.41. The maximum atomic E-state index is 13.4. The molecule has 0 bridgehead atoms. The lowest BCUT2D eigenvalue weighted by Crippen LogP contribution is -2.38. The highest BCUT2D eigenvalue weighted by molar-refractivity contribution is 6.07. The molecule has 1 fully saturated rings. The number of likely N-dealkylation sites (tertiary alicyclic amines) is 1. The van der Waals surface area contributed by atoms with Gasteiger partial charge in [0, 0.05) is 36.1 Å². The van der Waals surface area contributed by atoms with Crippen molar-refractivity contribution < 1.29 is 4.79 Å². The predicted octanol–water partition coefficient (Wildman–Crippen LogP) is 5.59. The summed E-state index contributed by atoms with van der Waals surface area (Å²) in [4.78, 5) is 24.4. The standard InChI is InChI=1S/C24H28N4O.ClH/c1-15-10-12-28(13-11-15)24(29)20-14-25-23-19(9-8-17(3)26-23)22(20)27-21-7-5-6-16(2)18(21)4;/h5-9,14-15H,10-13H2,1-4H3,(H,25,26,27);1H. The van der Waals surface area contributed by atoms with E-state index >= 15 is 0 Å². The number of halogens is 1. The second-order valence-electron chi connectivity index (χ2n) is 8.22. The molecular weight excluding hydrogens is 396 g/mol. The first kappa shape index (κ1) is 22.0. The molecule has 0 atom stereocenters. The highest BCUT2D eigenvalue weighted by Gasteiger charge is 2.25. The van der Waals surface area contributed by atoms with E-state index in [4.69, 9.17) is 0 Å². The third-order valence-corrected chi connectivity index (χ3v) is 6.03. The molecule has 1 aromatic carbocycles. The minimum atomic E-state index is 0. The van der Waals surface area contributed by atoms with Crippen LogP contribution in [0.1, 0.15) is 46.9 Å². The van der Waals surface area contributed by atoms with Crippen molar-refractivity contribution in [2.75, 3.05) is 18.4 Å². The van der Waals surface area contributed by atoms with Gasteiger partial charge in [-0.2, -0.15) is 0 Å². The van der Waals surface area contributed by atoms with Crippen LogP contribution in [0.3, 0.4) is 0 Å². The Morgan fingerprint density at radius 3 is 2.57 bits per heavy atom. The van der Waals surface area contributed by atoms with E-state index in [2.05, 4.69) is 42.1 Å². The van der Waals surface area contributed by atoms with E-state index in [1.807, 2.05) is 36.1 Å². The Kier molecular flexibility index (Phi) is 6.61. The lowest BCUT2D eigenvalue weighted by atomic mass is 9.98. The number of aromatic nitrogens is 2. The van der Waals surface area contributed by atoms with Crippen LogP contribution >= 0.6 is 12.4 Å². The fraction of sp³-hybridized carbons (Fsp3) is 0.375. The zero-order chi connectivity index (χ0) is 20.5. The number of nitrogens with zero attached hydrogens (tertiary/aromatic N) is 3. The van der Waals surface area contributed by atoms with E-state index in [1.54, 1.807) is 6.20 Å². The van der Waals surface area contributed by atoms with Crippen LogP contribution in [-0.2, 0) is 0 Å². The molecule has 1 amide bonds. The summed E-state index contributed by atoms with van der Waals surface area (Å²) in [6.45, 7) is 9.99. The summed E-state index contributed by atoms with van der Waals surface area (Å²) in [5.74, 6) is 0.716. The van der Waals surface area contributed by atoms with Gasteiger partial charge in [0.05, 0.1) is 11.3 Å². The van der Waals surface area contributed by atoms with Gasteiger partial charge in [-0.1, -0.05) is 19.1 Å². The van der Waals surface area contributed by atoms with Crippen molar-refractivity contribution in [1.29, 1.82) is 0 Å². The maximum Gasteiger partial charge on any atom is 0.257 e. The van der Waals surface area contributed by atoms with E-state index in [1.165, 1.54) is 11.1 Å². The predicted molar refractivity (Wildman–Crippen MR) is 125 cm³/mol. The zero-order valence-corrected chi connectivity index (χ0v) is 18.8. The van der Waals surface area contributed by atoms with Gasteiger partial charge in [0.25, 0.3) is 5.91 Å². The first-order chi connectivity index (χ1) is 13.9. The molecule has 3 heterocycles. The average Bonchev–Trinajstić information content (AvgIpc) is 2.71. The molecule has 3 aromatic rings. The molecule has 1 N–H and O–H groups in total. The summed E-state index contributed by atoms with van der Waals surface area (Å²) < 4.78 is 0. The number of fused-ring (bicyclic) bond motifs is 1. The number of carbonyl (C=O) groups excluding carboxylic acids is 1. The van der Waals surface area contributed by atoms with Gasteiger partial charge in [-0.25, -0.2) is 9.97 Å². The van der Waals surface area contributed by atoms with Crippen LogP contribution < -0.4 is 5.32 Å². The topological polar surface area (TPSA) is 58.1 Å². The summed E-state index contributed by atoms with van der Waals surface area (Å²) in [5.41, 5.74) is 6.34. The minimum absolute atomic E-state index is 0. The quantitative estimate of drug-likeness (QED) is 0.595. The Morgan fingerprint density at radius 2 is 1.83 bits per heavy atom. The van der Waals surface area contributed by atoms with Crippen LogP contribution in [-0.4, -0.2) is 33.9 Å². The number of amides is 1. The lowest BCUT2D eigenvalue weighted by molar-refractivity contribution is 0.0698. The first-order valence-corrected chi connectivity index (χ1v) is 10.3. The molecule has 0 spiro atoms. The fourth-order valence-corrected chi connectivity index (χ4v) is 3.87. The fourth-order valence-electron chi connectivity index (χ4n) is 3.87. The molecule has 0 saturated carbocycles. The summed E-state index contributed by atoms with van der Waals surface area (Å²) >= 11 is 0. The third-order valence-electron chi connectivity index (χ3n) is 6.03. The molecule has 1 aliphatic heterocycles. The number of rotatable bonds is 3. The molecule has 0 unspecified atom stereocenters. The first-order valence-electron chi connectivity index (χ1n) is 10.3. The van der Waals surface area contributed by atoms with Gasteiger partial charge in [-0.3, -0.25) is 4.79 Å². The molecule has 6 heteroatoms. The molecule has 5 nitrogen and oxygen atoms in total. The van der Waals surface area contributed by atoms with Gasteiger partial charge in [0.15, 0.2) is 5.65 Å². The Bertz CT molecular complexity index is 1070. The van der Waals surface area contributed by atoms with Crippen LogP contribution in [0, 0.1) is 26.7 Å². The maximum absolute atomic E-state index is 13.4. The second-order valence-corrected chi connectivity index (χ2v) is 8.22. The molecule has 0 aliphatic carbocycles. The highest BCUT2D eigenvalue weighted by atomic mass is 35.5. The van der Waals surface area contributed by atoms with E-state index in [9.17, 15) is 4.79 Å². The van der Waals surface area contributed by atoms with Crippen molar-refractivity contribution in [2.24, 2.45) is 5.92 Å². The van der Waals surface area contributed by atoms with Crippen molar-refractivity contribution in [3.63, 3.8) is 0 Å². The number of benzene rings is 1. The molecule has 0 radical (unpaired) electrons. The van der Waals surface area contributed by atoms with Crippen molar-refractivity contribution in [2.45, 2.75) is 40.5 Å². The van der Waals surface area contributed by atoms with E-state index in [-0.39, 0.29) is 18.3 Å². The lowest BCUT2D eigenvalue weighted by Gasteiger charge is -2.31. The Labute approximate surface area is 184 Å². The number of hydrogen-bond acceptors (Lipinski definition) is 4. The van der Waals surface area contributed by atoms with Crippen molar-refractivity contribution >= 4 is 40.7 Å². The highest BCUT2D eigenvalue weighted by Crippen LogP contribution is 2.32. The Hall–Kier alpha value is -2.66. The van der Waals surface area contributed by atoms with Gasteiger partial charge in [0.1, 0.15) is 0 Å². The molecule has 30 heavy (non-hydrogen) atoms. The summed E-state index contributed by atoms with van der Waals surface area (Å²) in [6, 6.07) is 10.1.